The van der Waals surface area contributed by atoms with Gasteiger partial charge in [-0.05, 0) is 18.8 Å². The minimum Gasteiger partial charge on any atom is -0.373 e. The smallest absolute Gasteiger partial charge is 0.151 e. The van der Waals surface area contributed by atoms with Gasteiger partial charge in [0.25, 0.3) is 0 Å². The van der Waals surface area contributed by atoms with Crippen LogP contribution in [0.1, 0.15) is 43.4 Å². The van der Waals surface area contributed by atoms with E-state index in [-0.39, 0.29) is 6.04 Å². The van der Waals surface area contributed by atoms with Crippen molar-refractivity contribution in [2.75, 3.05) is 26.2 Å². The number of nitrogens with zero attached hydrogens (tertiary/aromatic N) is 2. The summed E-state index contributed by atoms with van der Waals surface area (Å²) in [4.78, 5) is 2.33. The molecule has 3 rings (SSSR count). The van der Waals surface area contributed by atoms with Crippen LogP contribution in [0.3, 0.4) is 0 Å². The number of nitrogens with two attached hydrogens (primary N) is 1. The zero-order valence-electron chi connectivity index (χ0n) is 12.0. The third-order valence-electron chi connectivity index (χ3n) is 4.31. The molecule has 2 heterocycles. The SMILES string of the molecule is C[C@H]1CN(CCN)C[C@H]1NC(O)c1cc(C2CC2)on1. The second kappa shape index (κ2) is 5.81. The molecular weight excluding hydrogens is 256 g/mol. The highest BCUT2D eigenvalue weighted by molar-refractivity contribution is 5.15. The van der Waals surface area contributed by atoms with Crippen molar-refractivity contribution in [3.8, 4) is 0 Å². The molecule has 2 aliphatic rings. The van der Waals surface area contributed by atoms with Crippen LogP contribution in [0.25, 0.3) is 0 Å². The first-order chi connectivity index (χ1) is 9.67. The van der Waals surface area contributed by atoms with E-state index in [0.29, 0.717) is 24.1 Å². The van der Waals surface area contributed by atoms with Gasteiger partial charge in [-0.15, -0.1) is 0 Å². The van der Waals surface area contributed by atoms with Crippen molar-refractivity contribution in [2.45, 2.75) is 38.0 Å². The predicted molar refractivity (Wildman–Crippen MR) is 75.0 cm³/mol. The van der Waals surface area contributed by atoms with Crippen LogP contribution in [0, 0.1) is 5.92 Å². The highest BCUT2D eigenvalue weighted by atomic mass is 16.5. The van der Waals surface area contributed by atoms with E-state index < -0.39 is 6.23 Å². The molecule has 112 valence electrons. The first-order valence-corrected chi connectivity index (χ1v) is 7.50. The molecule has 3 atom stereocenters. The first kappa shape index (κ1) is 14.0. The molecule has 1 aromatic heterocycles. The van der Waals surface area contributed by atoms with Crippen molar-refractivity contribution in [2.24, 2.45) is 11.7 Å². The Morgan fingerprint density at radius 2 is 2.35 bits per heavy atom. The Bertz CT molecular complexity index is 446. The first-order valence-electron chi connectivity index (χ1n) is 7.50. The van der Waals surface area contributed by atoms with E-state index in [4.69, 9.17) is 10.3 Å². The summed E-state index contributed by atoms with van der Waals surface area (Å²) >= 11 is 0. The Balaban J connectivity index is 1.56. The van der Waals surface area contributed by atoms with E-state index >= 15 is 0 Å². The number of hydrogen-bond acceptors (Lipinski definition) is 6. The van der Waals surface area contributed by atoms with Gasteiger partial charge in [-0.1, -0.05) is 12.1 Å². The van der Waals surface area contributed by atoms with Crippen LogP contribution in [0.15, 0.2) is 10.6 Å². The number of aliphatic hydroxyl groups excluding tert-OH is 1. The predicted octanol–water partition coefficient (Wildman–Crippen LogP) is 0.412. The molecule has 2 fully saturated rings. The van der Waals surface area contributed by atoms with Gasteiger partial charge in [0.15, 0.2) is 6.23 Å². The average Bonchev–Trinajstić information content (AvgIpc) is 3.05. The molecule has 1 aliphatic heterocycles. The van der Waals surface area contributed by atoms with Gasteiger partial charge in [0, 0.05) is 44.2 Å². The molecule has 0 amide bonds. The molecular formula is C14H24N4O2. The Kier molecular flexibility index (Phi) is 4.07. The lowest BCUT2D eigenvalue weighted by Gasteiger charge is -2.20. The number of aliphatic hydroxyl groups is 1. The minimum absolute atomic E-state index is 0.262. The van der Waals surface area contributed by atoms with Gasteiger partial charge in [-0.2, -0.15) is 0 Å². The standard InChI is InChI=1S/C14H24N4O2/c1-9-7-18(5-4-15)8-12(9)16-14(19)11-6-13(20-17-11)10-2-3-10/h6,9-10,12,14,16,19H,2-5,7-8,15H2,1H3/t9-,12+,14?/m0/s1. The van der Waals surface area contributed by atoms with Gasteiger partial charge >= 0.3 is 0 Å². The van der Waals surface area contributed by atoms with E-state index in [1.54, 1.807) is 0 Å². The largest absolute Gasteiger partial charge is 0.373 e. The third-order valence-corrected chi connectivity index (χ3v) is 4.31. The van der Waals surface area contributed by atoms with Gasteiger partial charge in [0.05, 0.1) is 0 Å². The molecule has 1 aromatic rings. The Labute approximate surface area is 119 Å². The topological polar surface area (TPSA) is 87.5 Å². The fourth-order valence-electron chi connectivity index (χ4n) is 2.93. The average molecular weight is 280 g/mol. The maximum atomic E-state index is 10.3. The number of likely N-dealkylation sites (tertiary alicyclic amines) is 1. The molecule has 1 aliphatic carbocycles. The van der Waals surface area contributed by atoms with Gasteiger partial charge in [-0.3, -0.25) is 5.32 Å². The maximum absolute atomic E-state index is 10.3. The molecule has 0 spiro atoms. The monoisotopic (exact) mass is 280 g/mol. The van der Waals surface area contributed by atoms with Crippen LogP contribution >= 0.6 is 0 Å². The Morgan fingerprint density at radius 1 is 1.55 bits per heavy atom. The number of rotatable bonds is 6. The maximum Gasteiger partial charge on any atom is 0.151 e. The van der Waals surface area contributed by atoms with Crippen molar-refractivity contribution < 1.29 is 9.63 Å². The van der Waals surface area contributed by atoms with Crippen molar-refractivity contribution >= 4 is 0 Å². The zero-order valence-corrected chi connectivity index (χ0v) is 12.0. The molecule has 1 saturated carbocycles. The van der Waals surface area contributed by atoms with E-state index in [2.05, 4.69) is 22.3 Å². The molecule has 4 N–H and O–H groups in total. The summed E-state index contributed by atoms with van der Waals surface area (Å²) < 4.78 is 5.28. The minimum atomic E-state index is -0.753. The molecule has 6 heteroatoms. The number of nitrogens with one attached hydrogen (secondary N) is 1. The van der Waals surface area contributed by atoms with E-state index in [0.717, 1.165) is 25.4 Å². The van der Waals surface area contributed by atoms with Crippen LogP contribution in [0.5, 0.6) is 0 Å². The molecule has 0 radical (unpaired) electrons. The van der Waals surface area contributed by atoms with Crippen molar-refractivity contribution in [1.82, 2.24) is 15.4 Å². The Morgan fingerprint density at radius 3 is 3.05 bits per heavy atom. The highest BCUT2D eigenvalue weighted by Gasteiger charge is 2.32. The second-order valence-electron chi connectivity index (χ2n) is 6.13. The van der Waals surface area contributed by atoms with Crippen LogP contribution in [-0.2, 0) is 0 Å². The Hall–Kier alpha value is -0.950. The van der Waals surface area contributed by atoms with Gasteiger partial charge in [0.2, 0.25) is 0 Å². The van der Waals surface area contributed by atoms with E-state index in [9.17, 15) is 5.11 Å². The molecule has 0 aromatic carbocycles. The van der Waals surface area contributed by atoms with Gasteiger partial charge < -0.3 is 20.3 Å². The molecule has 1 unspecified atom stereocenters. The van der Waals surface area contributed by atoms with Crippen LogP contribution in [0.4, 0.5) is 0 Å². The fraction of sp³-hybridized carbons (Fsp3) is 0.786. The van der Waals surface area contributed by atoms with E-state index in [1.165, 1.54) is 12.8 Å². The normalized spacial score (nSPS) is 28.9. The van der Waals surface area contributed by atoms with Crippen molar-refractivity contribution in [3.63, 3.8) is 0 Å². The van der Waals surface area contributed by atoms with Crippen molar-refractivity contribution in [3.05, 3.63) is 17.5 Å². The summed E-state index contributed by atoms with van der Waals surface area (Å²) in [5.41, 5.74) is 6.19. The molecule has 1 saturated heterocycles. The lowest BCUT2D eigenvalue weighted by atomic mass is 10.1. The lowest BCUT2D eigenvalue weighted by molar-refractivity contribution is 0.110. The fourth-order valence-corrected chi connectivity index (χ4v) is 2.93. The quantitative estimate of drug-likeness (QED) is 0.654. The van der Waals surface area contributed by atoms with Crippen LogP contribution < -0.4 is 11.1 Å². The second-order valence-corrected chi connectivity index (χ2v) is 6.13. The van der Waals surface area contributed by atoms with Crippen LogP contribution in [-0.4, -0.2) is 47.4 Å². The molecule has 6 nitrogen and oxygen atoms in total. The highest BCUT2D eigenvalue weighted by Crippen LogP contribution is 2.40. The van der Waals surface area contributed by atoms with Crippen molar-refractivity contribution in [1.29, 1.82) is 0 Å². The summed E-state index contributed by atoms with van der Waals surface area (Å²) in [5, 5.41) is 17.5. The summed E-state index contributed by atoms with van der Waals surface area (Å²) in [7, 11) is 0. The zero-order chi connectivity index (χ0) is 14.1. The third kappa shape index (κ3) is 3.03. The van der Waals surface area contributed by atoms with Gasteiger partial charge in [0.1, 0.15) is 11.5 Å². The summed E-state index contributed by atoms with van der Waals surface area (Å²) in [6.45, 7) is 5.72. The van der Waals surface area contributed by atoms with E-state index in [1.807, 2.05) is 6.07 Å². The number of aromatic nitrogens is 1. The summed E-state index contributed by atoms with van der Waals surface area (Å²) in [6.07, 6.45) is 1.59. The van der Waals surface area contributed by atoms with Crippen LogP contribution in [0.2, 0.25) is 0 Å². The summed E-state index contributed by atoms with van der Waals surface area (Å²) in [6, 6.07) is 2.14. The summed E-state index contributed by atoms with van der Waals surface area (Å²) in [5.74, 6) is 1.92. The number of hydrogen-bond donors (Lipinski definition) is 3. The lowest BCUT2D eigenvalue weighted by Crippen LogP contribution is -2.38. The van der Waals surface area contributed by atoms with Gasteiger partial charge in [-0.25, -0.2) is 0 Å². The molecule has 0 bridgehead atoms. The molecule has 20 heavy (non-hydrogen) atoms.